The van der Waals surface area contributed by atoms with E-state index in [4.69, 9.17) is 0 Å². The van der Waals surface area contributed by atoms with Gasteiger partial charge in [0.25, 0.3) is 0 Å². The zero-order valence-corrected chi connectivity index (χ0v) is 17.0. The van der Waals surface area contributed by atoms with Crippen LogP contribution < -0.4 is 5.32 Å². The Morgan fingerprint density at radius 2 is 1.89 bits per heavy atom. The van der Waals surface area contributed by atoms with Gasteiger partial charge in [0.05, 0.1) is 11.6 Å². The molecule has 5 rings (SSSR count). The third-order valence-electron chi connectivity index (χ3n) is 7.35. The summed E-state index contributed by atoms with van der Waals surface area (Å²) >= 11 is 0. The van der Waals surface area contributed by atoms with Crippen molar-refractivity contribution in [3.05, 3.63) is 35.4 Å². The lowest BCUT2D eigenvalue weighted by Gasteiger charge is -2.60. The van der Waals surface area contributed by atoms with E-state index in [2.05, 4.69) is 55.5 Å². The summed E-state index contributed by atoms with van der Waals surface area (Å²) in [7, 11) is 4.13. The molecular formula is C23H34N2O2. The number of aryl methyl sites for hydroxylation is 1. The van der Waals surface area contributed by atoms with Crippen LogP contribution in [0.15, 0.2) is 24.3 Å². The van der Waals surface area contributed by atoms with Crippen LogP contribution in [0.1, 0.15) is 62.1 Å². The fraction of sp³-hybridized carbons (Fsp3) is 0.696. The van der Waals surface area contributed by atoms with Gasteiger partial charge >= 0.3 is 0 Å². The molecule has 2 N–H and O–H groups in total. The molecule has 1 aromatic rings. The van der Waals surface area contributed by atoms with Crippen LogP contribution in [0.25, 0.3) is 0 Å². The van der Waals surface area contributed by atoms with Crippen LogP contribution in [-0.2, 0) is 4.79 Å². The number of carbonyl (C=O) groups excluding carboxylic acids is 1. The Hall–Kier alpha value is -1.39. The monoisotopic (exact) mass is 370 g/mol. The van der Waals surface area contributed by atoms with Gasteiger partial charge in [-0.25, -0.2) is 0 Å². The van der Waals surface area contributed by atoms with Crippen molar-refractivity contribution >= 4 is 5.91 Å². The number of nitrogens with one attached hydrogen (secondary N) is 1. The maximum Gasteiger partial charge on any atom is 0.220 e. The minimum Gasteiger partial charge on any atom is -0.390 e. The molecule has 27 heavy (non-hydrogen) atoms. The molecule has 4 fully saturated rings. The molecule has 5 atom stereocenters. The number of hydrogen-bond acceptors (Lipinski definition) is 3. The van der Waals surface area contributed by atoms with Gasteiger partial charge in [-0.05, 0) is 87.9 Å². The average molecular weight is 371 g/mol. The number of aliphatic hydroxyl groups is 1. The summed E-state index contributed by atoms with van der Waals surface area (Å²) in [5.74, 6) is 1.41. The maximum atomic E-state index is 12.9. The lowest BCUT2D eigenvalue weighted by atomic mass is 9.47. The lowest BCUT2D eigenvalue weighted by Crippen LogP contribution is -2.56. The number of nitrogens with zero attached hydrogens (tertiary/aromatic N) is 1. The molecule has 0 heterocycles. The Kier molecular flexibility index (Phi) is 4.84. The fourth-order valence-electron chi connectivity index (χ4n) is 6.75. The second-order valence-electron chi connectivity index (χ2n) is 10.0. The highest BCUT2D eigenvalue weighted by molar-refractivity contribution is 5.77. The molecule has 0 spiro atoms. The molecule has 0 radical (unpaired) electrons. The molecule has 4 heteroatoms. The van der Waals surface area contributed by atoms with Gasteiger partial charge in [-0.2, -0.15) is 0 Å². The van der Waals surface area contributed by atoms with Gasteiger partial charge in [0.2, 0.25) is 5.91 Å². The Bertz CT molecular complexity index is 700. The molecule has 2 unspecified atom stereocenters. The van der Waals surface area contributed by atoms with Gasteiger partial charge in [0.1, 0.15) is 0 Å². The summed E-state index contributed by atoms with van der Waals surface area (Å²) in [5, 5.41) is 14.1. The predicted octanol–water partition coefficient (Wildman–Crippen LogP) is 3.44. The van der Waals surface area contributed by atoms with Gasteiger partial charge in [-0.1, -0.05) is 24.3 Å². The molecule has 148 valence electrons. The standard InChI is InChI=1S/C23H34N2O2/c1-16-6-4-5-7-19(16)20(25(2)3)14-24-21(26)13-22-9-17-8-18(10-22)12-23(27,11-17)15-22/h4-7,17-18,20,27H,8-15H2,1-3H3,(H,24,26)/t17-,18+,20-,22?,23?/m1/s1. The van der Waals surface area contributed by atoms with Gasteiger partial charge < -0.3 is 15.3 Å². The van der Waals surface area contributed by atoms with Crippen molar-refractivity contribution < 1.29 is 9.90 Å². The van der Waals surface area contributed by atoms with Crippen LogP contribution in [0.5, 0.6) is 0 Å². The number of hydrogen-bond donors (Lipinski definition) is 2. The molecule has 0 aliphatic heterocycles. The smallest absolute Gasteiger partial charge is 0.220 e. The minimum atomic E-state index is -0.488. The predicted molar refractivity (Wildman–Crippen MR) is 107 cm³/mol. The quantitative estimate of drug-likeness (QED) is 0.807. The second-order valence-corrected chi connectivity index (χ2v) is 10.0. The van der Waals surface area contributed by atoms with E-state index < -0.39 is 5.60 Å². The van der Waals surface area contributed by atoms with Crippen LogP contribution in [0.4, 0.5) is 0 Å². The molecule has 4 aliphatic carbocycles. The molecule has 4 bridgehead atoms. The summed E-state index contributed by atoms with van der Waals surface area (Å²) in [6, 6.07) is 8.58. The van der Waals surface area contributed by atoms with E-state index in [1.807, 2.05) is 0 Å². The van der Waals surface area contributed by atoms with Crippen LogP contribution in [0.3, 0.4) is 0 Å². The SMILES string of the molecule is Cc1ccccc1[C@@H](CNC(=O)CC12C[C@@H]3C[C@@H](CC(O)(C3)C1)C2)N(C)C. The van der Waals surface area contributed by atoms with E-state index in [0.717, 1.165) is 32.1 Å². The molecule has 4 nitrogen and oxygen atoms in total. The Morgan fingerprint density at radius 3 is 2.48 bits per heavy atom. The maximum absolute atomic E-state index is 12.9. The highest BCUT2D eigenvalue weighted by atomic mass is 16.3. The third-order valence-corrected chi connectivity index (χ3v) is 7.35. The Labute approximate surface area is 163 Å². The average Bonchev–Trinajstić information content (AvgIpc) is 2.53. The molecule has 1 amide bonds. The first-order chi connectivity index (χ1) is 12.8. The number of carbonyl (C=O) groups is 1. The van der Waals surface area contributed by atoms with Crippen LogP contribution in [-0.4, -0.2) is 42.2 Å². The van der Waals surface area contributed by atoms with Gasteiger partial charge in [-0.3, -0.25) is 4.79 Å². The zero-order chi connectivity index (χ0) is 19.2. The van der Waals surface area contributed by atoms with Crippen LogP contribution in [0.2, 0.25) is 0 Å². The highest BCUT2D eigenvalue weighted by Crippen LogP contribution is 2.62. The first kappa shape index (κ1) is 18.9. The van der Waals surface area contributed by atoms with Crippen molar-refractivity contribution in [3.63, 3.8) is 0 Å². The molecule has 4 aliphatic rings. The molecule has 1 aromatic carbocycles. The summed E-state index contributed by atoms with van der Waals surface area (Å²) < 4.78 is 0. The fourth-order valence-corrected chi connectivity index (χ4v) is 6.75. The van der Waals surface area contributed by atoms with Crippen LogP contribution >= 0.6 is 0 Å². The summed E-state index contributed by atoms with van der Waals surface area (Å²) in [5.41, 5.74) is 2.08. The van der Waals surface area contributed by atoms with Gasteiger partial charge in [0, 0.05) is 13.0 Å². The lowest BCUT2D eigenvalue weighted by molar-refractivity contribution is -0.169. The first-order valence-corrected chi connectivity index (χ1v) is 10.5. The van der Waals surface area contributed by atoms with E-state index in [0.29, 0.717) is 24.8 Å². The van der Waals surface area contributed by atoms with Crippen LogP contribution in [0, 0.1) is 24.2 Å². The Morgan fingerprint density at radius 1 is 1.22 bits per heavy atom. The largest absolute Gasteiger partial charge is 0.390 e. The third kappa shape index (κ3) is 3.79. The molecular weight excluding hydrogens is 336 g/mol. The minimum absolute atomic E-state index is 0.0409. The highest BCUT2D eigenvalue weighted by Gasteiger charge is 2.57. The summed E-state index contributed by atoms with van der Waals surface area (Å²) in [6.07, 6.45) is 6.86. The van der Waals surface area contributed by atoms with E-state index in [1.54, 1.807) is 0 Å². The Balaban J connectivity index is 1.40. The van der Waals surface area contributed by atoms with Crippen molar-refractivity contribution in [2.45, 2.75) is 63.5 Å². The van der Waals surface area contributed by atoms with E-state index in [1.165, 1.54) is 17.5 Å². The van der Waals surface area contributed by atoms with Crippen molar-refractivity contribution in [1.82, 2.24) is 10.2 Å². The van der Waals surface area contributed by atoms with E-state index in [-0.39, 0.29) is 17.4 Å². The second kappa shape index (κ2) is 6.89. The number of amides is 1. The number of benzene rings is 1. The first-order valence-electron chi connectivity index (χ1n) is 10.5. The van der Waals surface area contributed by atoms with Crippen molar-refractivity contribution in [3.8, 4) is 0 Å². The van der Waals surface area contributed by atoms with Crippen molar-refractivity contribution in [2.75, 3.05) is 20.6 Å². The van der Waals surface area contributed by atoms with Gasteiger partial charge in [0.15, 0.2) is 0 Å². The molecule has 4 saturated carbocycles. The summed E-state index contributed by atoms with van der Waals surface area (Å²) in [4.78, 5) is 15.0. The van der Waals surface area contributed by atoms with E-state index >= 15 is 0 Å². The number of likely N-dealkylation sites (N-methyl/N-ethyl adjacent to an activating group) is 1. The topological polar surface area (TPSA) is 52.6 Å². The van der Waals surface area contributed by atoms with Crippen molar-refractivity contribution in [1.29, 1.82) is 0 Å². The normalized spacial score (nSPS) is 35.4. The summed E-state index contributed by atoms with van der Waals surface area (Å²) in [6.45, 7) is 2.76. The van der Waals surface area contributed by atoms with Crippen molar-refractivity contribution in [2.24, 2.45) is 17.3 Å². The molecule has 0 saturated heterocycles. The number of rotatable bonds is 6. The van der Waals surface area contributed by atoms with E-state index in [9.17, 15) is 9.90 Å². The molecule has 0 aromatic heterocycles. The van der Waals surface area contributed by atoms with Gasteiger partial charge in [-0.15, -0.1) is 0 Å². The zero-order valence-electron chi connectivity index (χ0n) is 17.0.